The number of fused-ring (bicyclic) bond motifs is 1. The molecule has 0 atom stereocenters. The number of halogens is 2. The summed E-state index contributed by atoms with van der Waals surface area (Å²) >= 11 is 7.16. The van der Waals surface area contributed by atoms with Crippen molar-refractivity contribution in [1.82, 2.24) is 9.38 Å². The van der Waals surface area contributed by atoms with Gasteiger partial charge in [-0.2, -0.15) is 0 Å². The highest BCUT2D eigenvalue weighted by Gasteiger charge is 2.12. The summed E-state index contributed by atoms with van der Waals surface area (Å²) in [5.41, 5.74) is 2.97. The predicted octanol–water partition coefficient (Wildman–Crippen LogP) is 4.53. The second-order valence-electron chi connectivity index (χ2n) is 3.66. The van der Waals surface area contributed by atoms with Crippen LogP contribution in [0.2, 0.25) is 0 Å². The zero-order chi connectivity index (χ0) is 11.8. The van der Waals surface area contributed by atoms with Gasteiger partial charge in [0.15, 0.2) is 0 Å². The largest absolute Gasteiger partial charge is 0.294 e. The van der Waals surface area contributed by atoms with Crippen molar-refractivity contribution in [3.63, 3.8) is 0 Å². The van der Waals surface area contributed by atoms with Crippen LogP contribution in [0.3, 0.4) is 0 Å². The third-order valence-electron chi connectivity index (χ3n) is 2.60. The summed E-state index contributed by atoms with van der Waals surface area (Å²) < 4.78 is 4.04. The molecule has 0 unspecified atom stereocenters. The Morgan fingerprint density at radius 1 is 0.941 bits per heavy atom. The Labute approximate surface area is 116 Å². The van der Waals surface area contributed by atoms with Gasteiger partial charge in [-0.25, -0.2) is 4.98 Å². The molecule has 3 rings (SSSR count). The van der Waals surface area contributed by atoms with Crippen LogP contribution in [0.15, 0.2) is 57.7 Å². The van der Waals surface area contributed by atoms with Gasteiger partial charge in [0.2, 0.25) is 0 Å². The van der Waals surface area contributed by atoms with E-state index in [1.807, 2.05) is 47.0 Å². The van der Waals surface area contributed by atoms with Crippen molar-refractivity contribution in [2.75, 3.05) is 0 Å². The van der Waals surface area contributed by atoms with Gasteiger partial charge in [-0.3, -0.25) is 4.40 Å². The minimum atomic E-state index is 0.935. The van der Waals surface area contributed by atoms with Crippen molar-refractivity contribution in [1.29, 1.82) is 0 Å². The molecule has 0 radical (unpaired) electrons. The first-order chi connectivity index (χ1) is 8.27. The van der Waals surface area contributed by atoms with Gasteiger partial charge in [0.25, 0.3) is 0 Å². The molecule has 2 heterocycles. The van der Waals surface area contributed by atoms with Gasteiger partial charge in [0.1, 0.15) is 15.9 Å². The Morgan fingerprint density at radius 2 is 1.71 bits per heavy atom. The van der Waals surface area contributed by atoms with Gasteiger partial charge in [0.05, 0.1) is 0 Å². The van der Waals surface area contributed by atoms with E-state index in [0.29, 0.717) is 0 Å². The first-order valence-corrected chi connectivity index (χ1v) is 6.73. The number of imidazole rings is 1. The van der Waals surface area contributed by atoms with Crippen molar-refractivity contribution < 1.29 is 0 Å². The van der Waals surface area contributed by atoms with E-state index in [4.69, 9.17) is 0 Å². The van der Waals surface area contributed by atoms with Crippen molar-refractivity contribution in [3.05, 3.63) is 57.7 Å². The lowest BCUT2D eigenvalue weighted by Gasteiger charge is -2.00. The highest BCUT2D eigenvalue weighted by molar-refractivity contribution is 9.11. The van der Waals surface area contributed by atoms with E-state index >= 15 is 0 Å². The van der Waals surface area contributed by atoms with E-state index < -0.39 is 0 Å². The van der Waals surface area contributed by atoms with Crippen LogP contribution in [0.4, 0.5) is 0 Å². The number of benzene rings is 1. The quantitative estimate of drug-likeness (QED) is 0.629. The summed E-state index contributed by atoms with van der Waals surface area (Å²) in [4.78, 5) is 4.63. The molecule has 1 aromatic carbocycles. The maximum atomic E-state index is 4.63. The van der Waals surface area contributed by atoms with E-state index in [1.54, 1.807) is 0 Å². The van der Waals surface area contributed by atoms with Crippen LogP contribution in [0.25, 0.3) is 16.9 Å². The van der Waals surface area contributed by atoms with Gasteiger partial charge < -0.3 is 0 Å². The first-order valence-electron chi connectivity index (χ1n) is 5.15. The fraction of sp³-hybridized carbons (Fsp3) is 0. The molecule has 0 fully saturated rings. The summed E-state index contributed by atoms with van der Waals surface area (Å²) in [6.07, 6.45) is 1.99. The second kappa shape index (κ2) is 4.27. The van der Waals surface area contributed by atoms with Gasteiger partial charge in [-0.05, 0) is 34.1 Å². The molecule has 0 aliphatic heterocycles. The van der Waals surface area contributed by atoms with Crippen LogP contribution in [-0.4, -0.2) is 9.38 Å². The molecule has 2 nitrogen and oxygen atoms in total. The molecule has 0 aliphatic rings. The van der Waals surface area contributed by atoms with Crippen LogP contribution in [0.1, 0.15) is 0 Å². The molecular formula is C13H8Br2N2. The molecule has 0 bridgehead atoms. The molecule has 0 N–H and O–H groups in total. The summed E-state index contributed by atoms with van der Waals surface area (Å²) in [5, 5.41) is 0. The molecule has 0 saturated heterocycles. The molecule has 0 saturated carbocycles. The smallest absolute Gasteiger partial charge is 0.138 e. The zero-order valence-corrected chi connectivity index (χ0v) is 11.9. The molecule has 84 valence electrons. The lowest BCUT2D eigenvalue weighted by Crippen LogP contribution is -1.82. The third kappa shape index (κ3) is 1.81. The minimum Gasteiger partial charge on any atom is -0.294 e. The van der Waals surface area contributed by atoms with E-state index in [-0.39, 0.29) is 0 Å². The van der Waals surface area contributed by atoms with Gasteiger partial charge in [-0.1, -0.05) is 40.2 Å². The van der Waals surface area contributed by atoms with E-state index in [2.05, 4.69) is 42.9 Å². The van der Waals surface area contributed by atoms with Gasteiger partial charge in [-0.15, -0.1) is 0 Å². The lowest BCUT2D eigenvalue weighted by molar-refractivity contribution is 1.15. The third-order valence-corrected chi connectivity index (χ3v) is 4.05. The molecular weight excluding hydrogens is 344 g/mol. The molecule has 0 spiro atoms. The average molecular weight is 352 g/mol. The fourth-order valence-electron chi connectivity index (χ4n) is 1.79. The van der Waals surface area contributed by atoms with Crippen LogP contribution in [0.5, 0.6) is 0 Å². The Hall–Kier alpha value is -1.13. The van der Waals surface area contributed by atoms with Crippen molar-refractivity contribution in [2.45, 2.75) is 0 Å². The van der Waals surface area contributed by atoms with Gasteiger partial charge >= 0.3 is 0 Å². The van der Waals surface area contributed by atoms with E-state index in [9.17, 15) is 0 Å². The number of hydrogen-bond acceptors (Lipinski definition) is 1. The minimum absolute atomic E-state index is 0.935. The topological polar surface area (TPSA) is 17.3 Å². The number of rotatable bonds is 1. The molecule has 0 aliphatic carbocycles. The fourth-order valence-corrected chi connectivity index (χ4v) is 2.87. The molecule has 17 heavy (non-hydrogen) atoms. The van der Waals surface area contributed by atoms with Crippen LogP contribution >= 0.6 is 31.9 Å². The van der Waals surface area contributed by atoms with Crippen molar-refractivity contribution in [2.24, 2.45) is 0 Å². The SMILES string of the molecule is Brc1ccccc1-c1nc2ccccn2c1Br. The number of hydrogen-bond donors (Lipinski definition) is 0. The van der Waals surface area contributed by atoms with E-state index in [1.165, 1.54) is 0 Å². The number of pyridine rings is 1. The van der Waals surface area contributed by atoms with Crippen LogP contribution < -0.4 is 0 Å². The standard InChI is InChI=1S/C13H8Br2N2/c14-10-6-2-1-5-9(10)12-13(15)17-8-4-3-7-11(17)16-12/h1-8H. The highest BCUT2D eigenvalue weighted by atomic mass is 79.9. The summed E-state index contributed by atoms with van der Waals surface area (Å²) in [5.74, 6) is 0. The molecule has 0 amide bonds. The zero-order valence-electron chi connectivity index (χ0n) is 8.77. The molecule has 3 aromatic rings. The second-order valence-corrected chi connectivity index (χ2v) is 5.27. The maximum Gasteiger partial charge on any atom is 0.138 e. The lowest BCUT2D eigenvalue weighted by atomic mass is 10.2. The summed E-state index contributed by atoms with van der Waals surface area (Å²) in [7, 11) is 0. The maximum absolute atomic E-state index is 4.63. The normalized spacial score (nSPS) is 10.9. The molecule has 2 aromatic heterocycles. The van der Waals surface area contributed by atoms with Crippen molar-refractivity contribution in [3.8, 4) is 11.3 Å². The number of aromatic nitrogens is 2. The van der Waals surface area contributed by atoms with E-state index in [0.717, 1.165) is 26.0 Å². The summed E-state index contributed by atoms with van der Waals surface area (Å²) in [6, 6.07) is 14.0. The van der Waals surface area contributed by atoms with Crippen molar-refractivity contribution >= 4 is 37.5 Å². The highest BCUT2D eigenvalue weighted by Crippen LogP contribution is 2.33. The Kier molecular flexibility index (Phi) is 2.76. The number of nitrogens with zero attached hydrogens (tertiary/aromatic N) is 2. The van der Waals surface area contributed by atoms with Crippen LogP contribution in [0, 0.1) is 0 Å². The Balaban J connectivity index is 2.32. The Morgan fingerprint density at radius 3 is 2.47 bits per heavy atom. The summed E-state index contributed by atoms with van der Waals surface area (Å²) in [6.45, 7) is 0. The van der Waals surface area contributed by atoms with Gasteiger partial charge in [0, 0.05) is 16.2 Å². The van der Waals surface area contributed by atoms with Crippen LogP contribution in [-0.2, 0) is 0 Å². The molecule has 4 heteroatoms. The monoisotopic (exact) mass is 350 g/mol. The first kappa shape index (κ1) is 11.0. The Bertz CT molecular complexity index is 689. The predicted molar refractivity (Wildman–Crippen MR) is 76.0 cm³/mol. The average Bonchev–Trinajstić information content (AvgIpc) is 2.68.